The van der Waals surface area contributed by atoms with Gasteiger partial charge in [-0.1, -0.05) is 37.5 Å². The van der Waals surface area contributed by atoms with E-state index in [-0.39, 0.29) is 0 Å². The molecule has 1 unspecified atom stereocenters. The van der Waals surface area contributed by atoms with Crippen molar-refractivity contribution in [3.63, 3.8) is 0 Å². The summed E-state index contributed by atoms with van der Waals surface area (Å²) in [5, 5.41) is 10.9. The van der Waals surface area contributed by atoms with Gasteiger partial charge in [0.25, 0.3) is 0 Å². The maximum atomic E-state index is 10.9. The first kappa shape index (κ1) is 13.9. The van der Waals surface area contributed by atoms with Crippen LogP contribution in [-0.2, 0) is 11.2 Å². The lowest BCUT2D eigenvalue weighted by Gasteiger charge is -2.40. The summed E-state index contributed by atoms with van der Waals surface area (Å²) in [5.74, 6) is 0.897. The minimum atomic E-state index is -0.596. The van der Waals surface area contributed by atoms with E-state index in [1.165, 1.54) is 12.0 Å². The molecule has 0 spiro atoms. The maximum absolute atomic E-state index is 10.9. The van der Waals surface area contributed by atoms with Crippen molar-refractivity contribution in [1.82, 2.24) is 0 Å². The fourth-order valence-electron chi connectivity index (χ4n) is 3.65. The van der Waals surface area contributed by atoms with Crippen LogP contribution in [0.25, 0.3) is 0 Å². The first-order valence-corrected chi connectivity index (χ1v) is 7.75. The van der Waals surface area contributed by atoms with E-state index in [9.17, 15) is 5.11 Å². The van der Waals surface area contributed by atoms with Crippen molar-refractivity contribution >= 4 is 0 Å². The van der Waals surface area contributed by atoms with Crippen LogP contribution in [0.15, 0.2) is 18.2 Å². The van der Waals surface area contributed by atoms with Crippen molar-refractivity contribution < 1.29 is 14.6 Å². The Kier molecular flexibility index (Phi) is 3.99. The summed E-state index contributed by atoms with van der Waals surface area (Å²) in [7, 11) is 1.73. The minimum Gasteiger partial charge on any atom is -0.493 e. The van der Waals surface area contributed by atoms with Gasteiger partial charge in [-0.05, 0) is 31.2 Å². The number of aliphatic hydroxyl groups excluding tert-OH is 1. The van der Waals surface area contributed by atoms with Crippen molar-refractivity contribution in [2.24, 2.45) is 0 Å². The van der Waals surface area contributed by atoms with Crippen molar-refractivity contribution in [3.05, 3.63) is 29.3 Å². The molecule has 1 N–H and O–H groups in total. The molecule has 0 radical (unpaired) electrons. The van der Waals surface area contributed by atoms with Gasteiger partial charge in [-0.25, -0.2) is 0 Å². The molecule has 2 aliphatic rings. The molecule has 20 heavy (non-hydrogen) atoms. The Hall–Kier alpha value is -1.06. The molecule has 1 aromatic carbocycles. The minimum absolute atomic E-state index is 0.436. The van der Waals surface area contributed by atoms with Crippen LogP contribution in [0.4, 0.5) is 0 Å². The van der Waals surface area contributed by atoms with Gasteiger partial charge in [0.2, 0.25) is 0 Å². The van der Waals surface area contributed by atoms with Gasteiger partial charge in [0.05, 0.1) is 12.2 Å². The summed E-state index contributed by atoms with van der Waals surface area (Å²) in [6.07, 6.45) is 6.84. The monoisotopic (exact) mass is 276 g/mol. The van der Waals surface area contributed by atoms with Crippen LogP contribution in [-0.4, -0.2) is 24.4 Å². The van der Waals surface area contributed by atoms with Gasteiger partial charge in [0.1, 0.15) is 11.9 Å². The fraction of sp³-hybridized carbons (Fsp3) is 0.647. The van der Waals surface area contributed by atoms with E-state index < -0.39 is 11.7 Å². The highest BCUT2D eigenvalue weighted by molar-refractivity contribution is 5.45. The molecule has 1 atom stereocenters. The lowest BCUT2D eigenvalue weighted by Crippen LogP contribution is -2.40. The van der Waals surface area contributed by atoms with Crippen LogP contribution in [0.2, 0.25) is 0 Å². The van der Waals surface area contributed by atoms with Gasteiger partial charge in [0.15, 0.2) is 0 Å². The lowest BCUT2D eigenvalue weighted by molar-refractivity contribution is -0.126. The summed E-state index contributed by atoms with van der Waals surface area (Å²) >= 11 is 0. The molecule has 3 nitrogen and oxygen atoms in total. The van der Waals surface area contributed by atoms with Crippen molar-refractivity contribution in [1.29, 1.82) is 0 Å². The molecule has 3 rings (SSSR count). The summed E-state index contributed by atoms with van der Waals surface area (Å²) in [6.45, 7) is 0.747. The molecule has 1 aromatic rings. The number of fused-ring (bicyclic) bond motifs is 1. The molecule has 1 heterocycles. The smallest absolute Gasteiger partial charge is 0.128 e. The third-order valence-electron chi connectivity index (χ3n) is 4.86. The van der Waals surface area contributed by atoms with Crippen LogP contribution in [0.5, 0.6) is 5.75 Å². The third kappa shape index (κ3) is 2.33. The zero-order valence-corrected chi connectivity index (χ0v) is 12.2. The fourth-order valence-corrected chi connectivity index (χ4v) is 3.65. The van der Waals surface area contributed by atoms with Crippen LogP contribution in [0.3, 0.4) is 0 Å². The molecule has 1 aliphatic carbocycles. The van der Waals surface area contributed by atoms with Gasteiger partial charge < -0.3 is 14.6 Å². The first-order chi connectivity index (χ1) is 9.77. The summed E-state index contributed by atoms with van der Waals surface area (Å²) in [5.41, 5.74) is 1.69. The molecule has 110 valence electrons. The highest BCUT2D eigenvalue weighted by atomic mass is 16.5. The quantitative estimate of drug-likeness (QED) is 0.919. The number of aliphatic hydroxyl groups is 1. The summed E-state index contributed by atoms with van der Waals surface area (Å²) in [6, 6.07) is 6.12. The standard InChI is InChI=1S/C17H24O3/c1-19-17(10-3-2-4-11-17)16(18)14-9-5-7-13-8-6-12-20-15(13)14/h5,7,9,16,18H,2-4,6,8,10-12H2,1H3. The van der Waals surface area contributed by atoms with Crippen LogP contribution < -0.4 is 4.74 Å². The molecule has 0 amide bonds. The highest BCUT2D eigenvalue weighted by Gasteiger charge is 2.41. The second-order valence-corrected chi connectivity index (χ2v) is 6.02. The maximum Gasteiger partial charge on any atom is 0.128 e. The predicted molar refractivity (Wildman–Crippen MR) is 78.0 cm³/mol. The van der Waals surface area contributed by atoms with E-state index in [1.54, 1.807) is 7.11 Å². The van der Waals surface area contributed by atoms with Gasteiger partial charge in [-0.2, -0.15) is 0 Å². The Morgan fingerprint density at radius 1 is 1.20 bits per heavy atom. The van der Waals surface area contributed by atoms with Crippen LogP contribution >= 0.6 is 0 Å². The summed E-state index contributed by atoms with van der Waals surface area (Å²) < 4.78 is 11.6. The SMILES string of the molecule is COC1(C(O)c2cccc3c2OCCC3)CCCCC1. The molecule has 0 bridgehead atoms. The lowest BCUT2D eigenvalue weighted by atomic mass is 9.77. The van der Waals surface area contributed by atoms with E-state index >= 15 is 0 Å². The Morgan fingerprint density at radius 3 is 2.75 bits per heavy atom. The Morgan fingerprint density at radius 2 is 2.00 bits per heavy atom. The van der Waals surface area contributed by atoms with E-state index in [4.69, 9.17) is 9.47 Å². The molecular weight excluding hydrogens is 252 g/mol. The molecule has 1 aliphatic heterocycles. The number of aryl methyl sites for hydroxylation is 1. The topological polar surface area (TPSA) is 38.7 Å². The molecule has 1 saturated carbocycles. The third-order valence-corrected chi connectivity index (χ3v) is 4.86. The largest absolute Gasteiger partial charge is 0.493 e. The van der Waals surface area contributed by atoms with E-state index in [2.05, 4.69) is 6.07 Å². The molecule has 0 saturated heterocycles. The number of rotatable bonds is 3. The van der Waals surface area contributed by atoms with Crippen molar-refractivity contribution in [2.45, 2.75) is 56.7 Å². The van der Waals surface area contributed by atoms with E-state index in [0.29, 0.717) is 0 Å². The average Bonchev–Trinajstić information content (AvgIpc) is 2.54. The number of hydrogen-bond donors (Lipinski definition) is 1. The first-order valence-electron chi connectivity index (χ1n) is 7.75. The number of benzene rings is 1. The van der Waals surface area contributed by atoms with Gasteiger partial charge in [-0.3, -0.25) is 0 Å². The van der Waals surface area contributed by atoms with Gasteiger partial charge in [0, 0.05) is 12.7 Å². The molecular formula is C17H24O3. The van der Waals surface area contributed by atoms with Gasteiger partial charge >= 0.3 is 0 Å². The van der Waals surface area contributed by atoms with E-state index in [0.717, 1.165) is 56.4 Å². The average molecular weight is 276 g/mol. The Bertz CT molecular complexity index is 463. The van der Waals surface area contributed by atoms with Crippen LogP contribution in [0.1, 0.15) is 55.8 Å². The van der Waals surface area contributed by atoms with Crippen molar-refractivity contribution in [3.8, 4) is 5.75 Å². The molecule has 0 aromatic heterocycles. The molecule has 1 fully saturated rings. The van der Waals surface area contributed by atoms with Gasteiger partial charge in [-0.15, -0.1) is 0 Å². The number of methoxy groups -OCH3 is 1. The highest BCUT2D eigenvalue weighted by Crippen LogP contribution is 2.44. The Balaban J connectivity index is 1.95. The zero-order chi connectivity index (χ0) is 14.0. The zero-order valence-electron chi connectivity index (χ0n) is 12.2. The van der Waals surface area contributed by atoms with Crippen LogP contribution in [0, 0.1) is 0 Å². The normalized spacial score (nSPS) is 22.7. The summed E-state index contributed by atoms with van der Waals surface area (Å²) in [4.78, 5) is 0. The molecule has 3 heteroatoms. The number of hydrogen-bond acceptors (Lipinski definition) is 3. The van der Waals surface area contributed by atoms with Crippen molar-refractivity contribution in [2.75, 3.05) is 13.7 Å². The Labute approximate surface area is 120 Å². The predicted octanol–water partition coefficient (Wildman–Crippen LogP) is 3.39. The number of para-hydroxylation sites is 1. The second kappa shape index (κ2) is 5.74. The second-order valence-electron chi connectivity index (χ2n) is 6.02. The number of ether oxygens (including phenoxy) is 2. The van der Waals surface area contributed by atoms with E-state index in [1.807, 2.05) is 12.1 Å².